The Kier molecular flexibility index (Phi) is 7.33. The Hall–Kier alpha value is -3.49. The summed E-state index contributed by atoms with van der Waals surface area (Å²) in [6.07, 6.45) is 6.32. The quantitative estimate of drug-likeness (QED) is 0.347. The molecular formula is C26H31N3O6. The van der Waals surface area contributed by atoms with Gasteiger partial charge in [-0.2, -0.15) is 0 Å². The predicted molar refractivity (Wildman–Crippen MR) is 128 cm³/mol. The summed E-state index contributed by atoms with van der Waals surface area (Å²) in [5.74, 6) is -2.81. The number of allylic oxidation sites excluding steroid dienone is 2. The smallest absolute Gasteiger partial charge is 0.329 e. The lowest BCUT2D eigenvalue weighted by molar-refractivity contribution is -0.160. The fraction of sp³-hybridized carbons (Fsp3) is 0.500. The average molecular weight is 482 g/mol. The first-order valence-electron chi connectivity index (χ1n) is 12.1. The van der Waals surface area contributed by atoms with E-state index in [1.54, 1.807) is 29.2 Å². The highest BCUT2D eigenvalue weighted by Gasteiger charge is 2.51. The number of ether oxygens (including phenoxy) is 1. The fourth-order valence-corrected chi connectivity index (χ4v) is 4.99. The van der Waals surface area contributed by atoms with Crippen molar-refractivity contribution in [2.75, 3.05) is 23.4 Å². The van der Waals surface area contributed by atoms with Crippen LogP contribution in [-0.2, 0) is 28.7 Å². The van der Waals surface area contributed by atoms with Crippen LogP contribution in [0.4, 0.5) is 11.4 Å². The number of hydrogen-bond acceptors (Lipinski definition) is 6. The Morgan fingerprint density at radius 3 is 2.37 bits per heavy atom. The molecule has 3 atom stereocenters. The van der Waals surface area contributed by atoms with Crippen molar-refractivity contribution >= 4 is 41.0 Å². The first-order chi connectivity index (χ1) is 16.8. The van der Waals surface area contributed by atoms with Crippen molar-refractivity contribution in [3.63, 3.8) is 0 Å². The number of anilines is 2. The number of benzene rings is 1. The monoisotopic (exact) mass is 481 g/mol. The minimum absolute atomic E-state index is 0.0266. The minimum atomic E-state index is -1.06. The van der Waals surface area contributed by atoms with Gasteiger partial charge in [-0.05, 0) is 49.8 Å². The molecule has 1 aliphatic carbocycles. The second-order valence-corrected chi connectivity index (χ2v) is 9.70. The van der Waals surface area contributed by atoms with Gasteiger partial charge in [0.1, 0.15) is 6.04 Å². The number of nitrogens with one attached hydrogen (secondary N) is 1. The van der Waals surface area contributed by atoms with Gasteiger partial charge in [0.15, 0.2) is 6.61 Å². The van der Waals surface area contributed by atoms with E-state index in [1.807, 2.05) is 26.0 Å². The van der Waals surface area contributed by atoms with Crippen LogP contribution < -0.4 is 10.2 Å². The minimum Gasteiger partial charge on any atom is -0.454 e. The van der Waals surface area contributed by atoms with Gasteiger partial charge in [-0.3, -0.25) is 24.1 Å². The molecule has 0 radical (unpaired) electrons. The van der Waals surface area contributed by atoms with E-state index in [0.717, 1.165) is 11.3 Å². The van der Waals surface area contributed by atoms with Crippen molar-refractivity contribution in [1.29, 1.82) is 0 Å². The molecule has 2 fully saturated rings. The number of hydrogen-bond donors (Lipinski definition) is 1. The third kappa shape index (κ3) is 5.28. The van der Waals surface area contributed by atoms with E-state index in [4.69, 9.17) is 4.74 Å². The molecule has 0 saturated carbocycles. The summed E-state index contributed by atoms with van der Waals surface area (Å²) in [5, 5.41) is 2.67. The summed E-state index contributed by atoms with van der Waals surface area (Å²) in [6, 6.07) is 5.86. The molecule has 3 aliphatic rings. The standard InChI is InChI=1S/C26H31N3O6/c1-16(2)13-21(29-24(32)19-9-3-4-10-20(19)25(29)33)26(34)35-15-22(30)27-17-7-5-8-18(14-17)28-12-6-11-23(28)31/h3-5,7-8,14,16,19-21H,6,9-13,15H2,1-2H3,(H,27,30). The van der Waals surface area contributed by atoms with E-state index >= 15 is 0 Å². The zero-order valence-corrected chi connectivity index (χ0v) is 20.1. The number of carbonyl (C=O) groups is 5. The van der Waals surface area contributed by atoms with Crippen molar-refractivity contribution < 1.29 is 28.7 Å². The van der Waals surface area contributed by atoms with Gasteiger partial charge in [0.05, 0.1) is 11.8 Å². The van der Waals surface area contributed by atoms with Crippen LogP contribution in [0.2, 0.25) is 0 Å². The Bertz CT molecular complexity index is 1040. The van der Waals surface area contributed by atoms with E-state index in [9.17, 15) is 24.0 Å². The van der Waals surface area contributed by atoms with E-state index in [-0.39, 0.29) is 30.1 Å². The van der Waals surface area contributed by atoms with Crippen molar-refractivity contribution in [3.05, 3.63) is 36.4 Å². The molecule has 186 valence electrons. The fourth-order valence-electron chi connectivity index (χ4n) is 4.99. The molecule has 0 spiro atoms. The summed E-state index contributed by atoms with van der Waals surface area (Å²) in [7, 11) is 0. The Balaban J connectivity index is 1.38. The second kappa shape index (κ2) is 10.4. The zero-order chi connectivity index (χ0) is 25.1. The number of fused-ring (bicyclic) bond motifs is 1. The van der Waals surface area contributed by atoms with Gasteiger partial charge >= 0.3 is 5.97 Å². The first-order valence-corrected chi connectivity index (χ1v) is 12.1. The summed E-state index contributed by atoms with van der Waals surface area (Å²) in [6.45, 7) is 3.87. The largest absolute Gasteiger partial charge is 0.454 e. The Labute approximate surface area is 204 Å². The number of amides is 4. The lowest BCUT2D eigenvalue weighted by atomic mass is 9.85. The van der Waals surface area contributed by atoms with Gasteiger partial charge in [0, 0.05) is 24.3 Å². The highest BCUT2D eigenvalue weighted by atomic mass is 16.5. The maximum atomic E-state index is 13.0. The maximum absolute atomic E-state index is 13.0. The SMILES string of the molecule is CC(C)CC(C(=O)OCC(=O)Nc1cccc(N2CCCC2=O)c1)N1C(=O)C2CC=CCC2C1=O. The van der Waals surface area contributed by atoms with Gasteiger partial charge in [0.25, 0.3) is 5.91 Å². The lowest BCUT2D eigenvalue weighted by Crippen LogP contribution is -2.47. The van der Waals surface area contributed by atoms with Crippen LogP contribution in [-0.4, -0.2) is 53.7 Å². The van der Waals surface area contributed by atoms with Crippen LogP contribution in [0.1, 0.15) is 46.0 Å². The number of carbonyl (C=O) groups excluding carboxylic acids is 5. The molecular weight excluding hydrogens is 450 g/mol. The predicted octanol–water partition coefficient (Wildman–Crippen LogP) is 2.66. The maximum Gasteiger partial charge on any atom is 0.329 e. The molecule has 9 nitrogen and oxygen atoms in total. The van der Waals surface area contributed by atoms with Crippen LogP contribution in [0.3, 0.4) is 0 Å². The summed E-state index contributed by atoms with van der Waals surface area (Å²) < 4.78 is 5.27. The van der Waals surface area contributed by atoms with Gasteiger partial charge in [-0.1, -0.05) is 32.1 Å². The number of likely N-dealkylation sites (tertiary alicyclic amines) is 1. The van der Waals surface area contributed by atoms with Crippen LogP contribution >= 0.6 is 0 Å². The third-order valence-corrected chi connectivity index (χ3v) is 6.68. The van der Waals surface area contributed by atoms with Crippen molar-refractivity contribution in [3.8, 4) is 0 Å². The Morgan fingerprint density at radius 2 is 1.77 bits per heavy atom. The molecule has 2 heterocycles. The van der Waals surface area contributed by atoms with Gasteiger partial charge < -0.3 is 15.0 Å². The topological polar surface area (TPSA) is 113 Å². The van der Waals surface area contributed by atoms with Gasteiger partial charge in [-0.15, -0.1) is 0 Å². The molecule has 4 rings (SSSR count). The number of nitrogens with zero attached hydrogens (tertiary/aromatic N) is 2. The van der Waals surface area contributed by atoms with Crippen LogP contribution in [0.5, 0.6) is 0 Å². The molecule has 2 aliphatic heterocycles. The molecule has 9 heteroatoms. The number of rotatable bonds is 8. The van der Waals surface area contributed by atoms with Crippen molar-refractivity contribution in [1.82, 2.24) is 4.90 Å². The van der Waals surface area contributed by atoms with Gasteiger partial charge in [-0.25, -0.2) is 4.79 Å². The van der Waals surface area contributed by atoms with E-state index in [1.165, 1.54) is 0 Å². The highest BCUT2D eigenvalue weighted by molar-refractivity contribution is 6.08. The van der Waals surface area contributed by atoms with Crippen LogP contribution in [0.15, 0.2) is 36.4 Å². The molecule has 35 heavy (non-hydrogen) atoms. The first kappa shape index (κ1) is 24.6. The van der Waals surface area contributed by atoms with Crippen molar-refractivity contribution in [2.24, 2.45) is 17.8 Å². The molecule has 1 N–H and O–H groups in total. The van der Waals surface area contributed by atoms with E-state index in [2.05, 4.69) is 5.32 Å². The molecule has 0 bridgehead atoms. The number of esters is 1. The lowest BCUT2D eigenvalue weighted by Gasteiger charge is -2.26. The highest BCUT2D eigenvalue weighted by Crippen LogP contribution is 2.37. The molecule has 1 aromatic rings. The van der Waals surface area contributed by atoms with Crippen LogP contribution in [0.25, 0.3) is 0 Å². The molecule has 2 saturated heterocycles. The molecule has 3 unspecified atom stereocenters. The van der Waals surface area contributed by atoms with Crippen molar-refractivity contribution in [2.45, 2.75) is 52.0 Å². The molecule has 1 aromatic carbocycles. The average Bonchev–Trinajstić information content (AvgIpc) is 3.37. The van der Waals surface area contributed by atoms with Crippen LogP contribution in [0, 0.1) is 17.8 Å². The summed E-state index contributed by atoms with van der Waals surface area (Å²) in [5.41, 5.74) is 1.17. The zero-order valence-electron chi connectivity index (χ0n) is 20.1. The summed E-state index contributed by atoms with van der Waals surface area (Å²) >= 11 is 0. The number of imide groups is 1. The molecule has 0 aromatic heterocycles. The van der Waals surface area contributed by atoms with E-state index < -0.39 is 36.4 Å². The Morgan fingerprint density at radius 1 is 1.09 bits per heavy atom. The second-order valence-electron chi connectivity index (χ2n) is 9.70. The molecule has 4 amide bonds. The third-order valence-electron chi connectivity index (χ3n) is 6.68. The van der Waals surface area contributed by atoms with Gasteiger partial charge in [0.2, 0.25) is 17.7 Å². The van der Waals surface area contributed by atoms with E-state index in [0.29, 0.717) is 37.2 Å². The normalized spacial score (nSPS) is 22.5. The summed E-state index contributed by atoms with van der Waals surface area (Å²) in [4.78, 5) is 66.1.